The minimum atomic E-state index is 0.319. The minimum absolute atomic E-state index is 0.319. The highest BCUT2D eigenvalue weighted by molar-refractivity contribution is 4.84. The van der Waals surface area contributed by atoms with E-state index in [1.54, 1.807) is 7.11 Å². The van der Waals surface area contributed by atoms with Gasteiger partial charge < -0.3 is 4.74 Å². The van der Waals surface area contributed by atoms with Crippen molar-refractivity contribution in [3.05, 3.63) is 5.92 Å². The Balaban J connectivity index is 3.14. The Morgan fingerprint density at radius 3 is 1.86 bits per heavy atom. The lowest BCUT2D eigenvalue weighted by atomic mass is 10.1. The predicted molar refractivity (Wildman–Crippen MR) is 31.1 cm³/mol. The van der Waals surface area contributed by atoms with Crippen molar-refractivity contribution in [3.8, 4) is 0 Å². The van der Waals surface area contributed by atoms with Gasteiger partial charge in [-0.25, -0.2) is 0 Å². The highest BCUT2D eigenvalue weighted by Crippen LogP contribution is 2.04. The van der Waals surface area contributed by atoms with Crippen LogP contribution in [-0.2, 0) is 4.74 Å². The van der Waals surface area contributed by atoms with Gasteiger partial charge in [0.15, 0.2) is 0 Å². The van der Waals surface area contributed by atoms with Crippen LogP contribution in [0.15, 0.2) is 0 Å². The molecule has 1 atom stereocenters. The first-order valence-electron chi connectivity index (χ1n) is 2.51. The molecule has 0 aromatic carbocycles. The van der Waals surface area contributed by atoms with Gasteiger partial charge >= 0.3 is 0 Å². The SMILES string of the molecule is COC(C)[C](C)C. The maximum Gasteiger partial charge on any atom is 0.0600 e. The molecule has 7 heavy (non-hydrogen) atoms. The van der Waals surface area contributed by atoms with E-state index in [0.29, 0.717) is 6.10 Å². The fourth-order valence-corrected chi connectivity index (χ4v) is 0.236. The van der Waals surface area contributed by atoms with Crippen LogP contribution in [0.1, 0.15) is 20.8 Å². The third-order valence-electron chi connectivity index (χ3n) is 1.17. The van der Waals surface area contributed by atoms with Gasteiger partial charge in [0.05, 0.1) is 6.10 Å². The van der Waals surface area contributed by atoms with Gasteiger partial charge in [-0.3, -0.25) is 0 Å². The normalized spacial score (nSPS) is 15.0. The molecule has 0 saturated carbocycles. The first-order chi connectivity index (χ1) is 3.18. The second-order valence-electron chi connectivity index (χ2n) is 1.96. The van der Waals surface area contributed by atoms with Gasteiger partial charge in [-0.1, -0.05) is 13.8 Å². The van der Waals surface area contributed by atoms with Crippen molar-refractivity contribution >= 4 is 0 Å². The number of rotatable bonds is 2. The minimum Gasteiger partial charge on any atom is -0.381 e. The molecule has 1 nitrogen and oxygen atoms in total. The largest absolute Gasteiger partial charge is 0.381 e. The van der Waals surface area contributed by atoms with Crippen LogP contribution in [0.3, 0.4) is 0 Å². The summed E-state index contributed by atoms with van der Waals surface area (Å²) in [7, 11) is 1.72. The summed E-state index contributed by atoms with van der Waals surface area (Å²) >= 11 is 0. The molecular formula is C6H13O. The highest BCUT2D eigenvalue weighted by Gasteiger charge is 2.02. The molecule has 0 aromatic rings. The third kappa shape index (κ3) is 2.63. The second-order valence-corrected chi connectivity index (χ2v) is 1.96. The van der Waals surface area contributed by atoms with Gasteiger partial charge in [0, 0.05) is 7.11 Å². The van der Waals surface area contributed by atoms with E-state index in [2.05, 4.69) is 13.8 Å². The summed E-state index contributed by atoms with van der Waals surface area (Å²) in [6.07, 6.45) is 0.319. The van der Waals surface area contributed by atoms with Crippen molar-refractivity contribution in [2.75, 3.05) is 7.11 Å². The lowest BCUT2D eigenvalue weighted by Crippen LogP contribution is -2.10. The van der Waals surface area contributed by atoms with Gasteiger partial charge in [-0.05, 0) is 12.8 Å². The van der Waals surface area contributed by atoms with E-state index in [1.807, 2.05) is 6.92 Å². The molecule has 0 rings (SSSR count). The zero-order chi connectivity index (χ0) is 5.86. The van der Waals surface area contributed by atoms with Crippen molar-refractivity contribution in [1.29, 1.82) is 0 Å². The van der Waals surface area contributed by atoms with Crippen LogP contribution in [0.4, 0.5) is 0 Å². The lowest BCUT2D eigenvalue weighted by Gasteiger charge is -2.10. The summed E-state index contributed by atoms with van der Waals surface area (Å²) < 4.78 is 4.97. The molecule has 0 bridgehead atoms. The first kappa shape index (κ1) is 6.96. The molecular weight excluding hydrogens is 88.1 g/mol. The molecule has 0 aliphatic heterocycles. The summed E-state index contributed by atoms with van der Waals surface area (Å²) in [6.45, 7) is 6.16. The van der Waals surface area contributed by atoms with E-state index in [1.165, 1.54) is 5.92 Å². The van der Waals surface area contributed by atoms with Crippen LogP contribution in [0, 0.1) is 5.92 Å². The predicted octanol–water partition coefficient (Wildman–Crippen LogP) is 1.64. The van der Waals surface area contributed by atoms with Crippen LogP contribution < -0.4 is 0 Å². The molecule has 0 heterocycles. The van der Waals surface area contributed by atoms with E-state index in [4.69, 9.17) is 4.74 Å². The van der Waals surface area contributed by atoms with Crippen LogP contribution in [-0.4, -0.2) is 13.2 Å². The summed E-state index contributed by atoms with van der Waals surface area (Å²) in [4.78, 5) is 0. The molecule has 1 radical (unpaired) electrons. The molecule has 0 aliphatic rings. The molecule has 0 saturated heterocycles. The fraction of sp³-hybridized carbons (Fsp3) is 0.833. The van der Waals surface area contributed by atoms with E-state index in [-0.39, 0.29) is 0 Å². The van der Waals surface area contributed by atoms with Gasteiger partial charge in [0.25, 0.3) is 0 Å². The molecule has 1 unspecified atom stereocenters. The van der Waals surface area contributed by atoms with E-state index < -0.39 is 0 Å². The molecule has 1 heteroatoms. The maximum absolute atomic E-state index is 4.97. The number of hydrogen-bond acceptors (Lipinski definition) is 1. The molecule has 0 amide bonds. The molecule has 0 spiro atoms. The smallest absolute Gasteiger partial charge is 0.0600 e. The topological polar surface area (TPSA) is 9.23 Å². The molecule has 0 fully saturated rings. The number of methoxy groups -OCH3 is 1. The Hall–Kier alpha value is -0.0400. The highest BCUT2D eigenvalue weighted by atomic mass is 16.5. The average Bonchev–Trinajstić information content (AvgIpc) is 1.65. The number of hydrogen-bond donors (Lipinski definition) is 0. The molecule has 0 aliphatic carbocycles. The van der Waals surface area contributed by atoms with Crippen LogP contribution in [0.25, 0.3) is 0 Å². The number of ether oxygens (including phenoxy) is 1. The van der Waals surface area contributed by atoms with Crippen molar-refractivity contribution in [2.24, 2.45) is 0 Å². The fourth-order valence-electron chi connectivity index (χ4n) is 0.236. The molecule has 0 aromatic heterocycles. The quantitative estimate of drug-likeness (QED) is 0.513. The van der Waals surface area contributed by atoms with Crippen molar-refractivity contribution < 1.29 is 4.74 Å². The summed E-state index contributed by atoms with van der Waals surface area (Å²) in [5.41, 5.74) is 0. The summed E-state index contributed by atoms with van der Waals surface area (Å²) in [6, 6.07) is 0. The van der Waals surface area contributed by atoms with Gasteiger partial charge in [-0.15, -0.1) is 0 Å². The Bertz CT molecular complexity index is 41.4. The van der Waals surface area contributed by atoms with E-state index in [0.717, 1.165) is 0 Å². The Labute approximate surface area is 45.7 Å². The lowest BCUT2D eigenvalue weighted by molar-refractivity contribution is 0.130. The maximum atomic E-state index is 4.97. The molecule has 0 N–H and O–H groups in total. The monoisotopic (exact) mass is 101 g/mol. The van der Waals surface area contributed by atoms with Crippen LogP contribution in [0.2, 0.25) is 0 Å². The summed E-state index contributed by atoms with van der Waals surface area (Å²) in [5, 5.41) is 0. The first-order valence-corrected chi connectivity index (χ1v) is 2.51. The molecule has 43 valence electrons. The van der Waals surface area contributed by atoms with Gasteiger partial charge in [0.2, 0.25) is 0 Å². The van der Waals surface area contributed by atoms with Crippen molar-refractivity contribution in [3.63, 3.8) is 0 Å². The van der Waals surface area contributed by atoms with Crippen LogP contribution in [0.5, 0.6) is 0 Å². The average molecular weight is 101 g/mol. The Morgan fingerprint density at radius 1 is 1.43 bits per heavy atom. The zero-order valence-electron chi connectivity index (χ0n) is 5.49. The Kier molecular flexibility index (Phi) is 3.01. The van der Waals surface area contributed by atoms with Gasteiger partial charge in [0.1, 0.15) is 0 Å². The van der Waals surface area contributed by atoms with Crippen LogP contribution >= 0.6 is 0 Å². The van der Waals surface area contributed by atoms with E-state index >= 15 is 0 Å². The van der Waals surface area contributed by atoms with E-state index in [9.17, 15) is 0 Å². The standard InChI is InChI=1S/C6H13O/c1-5(2)6(3)7-4/h6H,1-4H3. The summed E-state index contributed by atoms with van der Waals surface area (Å²) in [5.74, 6) is 1.32. The van der Waals surface area contributed by atoms with Crippen molar-refractivity contribution in [2.45, 2.75) is 26.9 Å². The second kappa shape index (κ2) is 3.03. The van der Waals surface area contributed by atoms with Crippen molar-refractivity contribution in [1.82, 2.24) is 0 Å². The zero-order valence-corrected chi connectivity index (χ0v) is 5.49. The van der Waals surface area contributed by atoms with Gasteiger partial charge in [-0.2, -0.15) is 0 Å². The third-order valence-corrected chi connectivity index (χ3v) is 1.17. The Morgan fingerprint density at radius 2 is 1.86 bits per heavy atom.